The first-order valence-electron chi connectivity index (χ1n) is 7.39. The maximum atomic E-state index is 12.8. The van der Waals surface area contributed by atoms with Crippen LogP contribution in [0.4, 0.5) is 0 Å². The molecule has 0 saturated heterocycles. The SMILES string of the molecule is COc1ccccc1-n1nnnc1S(=O)(=O)Cc1ccc(C(=O)O)cc1. The highest BCUT2D eigenvalue weighted by Crippen LogP contribution is 2.24. The van der Waals surface area contributed by atoms with Gasteiger partial charge in [-0.3, -0.25) is 0 Å². The molecule has 1 aromatic heterocycles. The summed E-state index contributed by atoms with van der Waals surface area (Å²) in [5, 5.41) is 19.5. The van der Waals surface area contributed by atoms with Crippen molar-refractivity contribution in [3.63, 3.8) is 0 Å². The molecule has 0 bridgehead atoms. The van der Waals surface area contributed by atoms with E-state index < -0.39 is 15.8 Å². The molecule has 0 amide bonds. The van der Waals surface area contributed by atoms with E-state index in [1.54, 1.807) is 24.3 Å². The molecule has 0 saturated carbocycles. The highest BCUT2D eigenvalue weighted by molar-refractivity contribution is 7.90. The van der Waals surface area contributed by atoms with Crippen molar-refractivity contribution in [2.24, 2.45) is 0 Å². The van der Waals surface area contributed by atoms with Crippen LogP contribution in [0, 0.1) is 0 Å². The van der Waals surface area contributed by atoms with E-state index in [0.717, 1.165) is 4.68 Å². The molecule has 0 aliphatic rings. The van der Waals surface area contributed by atoms with Crippen molar-refractivity contribution >= 4 is 15.8 Å². The molecule has 0 unspecified atom stereocenters. The number of aromatic nitrogens is 4. The second-order valence-corrected chi connectivity index (χ2v) is 7.19. The predicted molar refractivity (Wildman–Crippen MR) is 90.0 cm³/mol. The van der Waals surface area contributed by atoms with Crippen LogP contribution in [-0.2, 0) is 15.6 Å². The van der Waals surface area contributed by atoms with Crippen LogP contribution in [-0.4, -0.2) is 46.8 Å². The number of carboxylic acids is 1. The molecule has 26 heavy (non-hydrogen) atoms. The monoisotopic (exact) mass is 374 g/mol. The van der Waals surface area contributed by atoms with E-state index >= 15 is 0 Å². The average Bonchev–Trinajstić information content (AvgIpc) is 3.12. The summed E-state index contributed by atoms with van der Waals surface area (Å²) in [6.45, 7) is 0. The number of aromatic carboxylic acids is 1. The van der Waals surface area contributed by atoms with Crippen LogP contribution < -0.4 is 4.74 Å². The maximum absolute atomic E-state index is 12.8. The molecule has 1 heterocycles. The summed E-state index contributed by atoms with van der Waals surface area (Å²) >= 11 is 0. The Morgan fingerprint density at radius 1 is 1.15 bits per heavy atom. The molecule has 10 heteroatoms. The van der Waals surface area contributed by atoms with Gasteiger partial charge in [0.25, 0.3) is 5.16 Å². The lowest BCUT2D eigenvalue weighted by Crippen LogP contribution is -2.13. The lowest BCUT2D eigenvalue weighted by Gasteiger charge is -2.09. The summed E-state index contributed by atoms with van der Waals surface area (Å²) in [5.74, 6) is -1.04. The number of rotatable bonds is 6. The number of tetrazole rings is 1. The smallest absolute Gasteiger partial charge is 0.335 e. The minimum Gasteiger partial charge on any atom is -0.494 e. The first-order valence-corrected chi connectivity index (χ1v) is 9.04. The van der Waals surface area contributed by atoms with Gasteiger partial charge >= 0.3 is 5.97 Å². The second-order valence-electron chi connectivity index (χ2n) is 5.31. The Hall–Kier alpha value is -3.27. The van der Waals surface area contributed by atoms with Crippen LogP contribution in [0.15, 0.2) is 53.7 Å². The van der Waals surface area contributed by atoms with Crippen molar-refractivity contribution in [3.05, 3.63) is 59.7 Å². The number of sulfone groups is 1. The van der Waals surface area contributed by atoms with Crippen LogP contribution in [0.2, 0.25) is 0 Å². The zero-order valence-corrected chi connectivity index (χ0v) is 14.4. The maximum Gasteiger partial charge on any atom is 0.335 e. The van der Waals surface area contributed by atoms with Crippen molar-refractivity contribution in [1.82, 2.24) is 20.2 Å². The van der Waals surface area contributed by atoms with E-state index in [2.05, 4.69) is 15.5 Å². The number of para-hydroxylation sites is 2. The fraction of sp³-hybridized carbons (Fsp3) is 0.125. The van der Waals surface area contributed by atoms with E-state index in [-0.39, 0.29) is 16.5 Å². The lowest BCUT2D eigenvalue weighted by atomic mass is 10.1. The van der Waals surface area contributed by atoms with Crippen molar-refractivity contribution < 1.29 is 23.1 Å². The average molecular weight is 374 g/mol. The molecule has 0 spiro atoms. The minimum atomic E-state index is -3.88. The van der Waals surface area contributed by atoms with Crippen molar-refractivity contribution in [3.8, 4) is 11.4 Å². The van der Waals surface area contributed by atoms with Gasteiger partial charge in [-0.25, -0.2) is 13.2 Å². The van der Waals surface area contributed by atoms with Gasteiger partial charge in [-0.05, 0) is 40.3 Å². The first-order chi connectivity index (χ1) is 12.4. The Kier molecular flexibility index (Phi) is 4.67. The van der Waals surface area contributed by atoms with Crippen molar-refractivity contribution in [2.75, 3.05) is 7.11 Å². The third-order valence-corrected chi connectivity index (χ3v) is 5.11. The quantitative estimate of drug-likeness (QED) is 0.685. The summed E-state index contributed by atoms with van der Waals surface area (Å²) < 4.78 is 31.8. The van der Waals surface area contributed by atoms with E-state index in [0.29, 0.717) is 17.0 Å². The Morgan fingerprint density at radius 2 is 1.85 bits per heavy atom. The lowest BCUT2D eigenvalue weighted by molar-refractivity contribution is 0.0697. The first kappa shape index (κ1) is 17.5. The van der Waals surface area contributed by atoms with Crippen molar-refractivity contribution in [2.45, 2.75) is 10.9 Å². The Bertz CT molecular complexity index is 1040. The van der Waals surface area contributed by atoms with Gasteiger partial charge in [-0.1, -0.05) is 29.4 Å². The third kappa shape index (κ3) is 3.40. The standard InChI is InChI=1S/C16H14N4O5S/c1-25-14-5-3-2-4-13(14)20-16(17-18-19-20)26(23,24)10-11-6-8-12(9-7-11)15(21)22/h2-9H,10H2,1H3,(H,21,22). The number of nitrogens with zero attached hydrogens (tertiary/aromatic N) is 4. The van der Waals surface area contributed by atoms with Gasteiger partial charge in [0.2, 0.25) is 9.84 Å². The molecule has 1 N–H and O–H groups in total. The molecule has 3 aromatic rings. The largest absolute Gasteiger partial charge is 0.494 e. The number of ether oxygens (including phenoxy) is 1. The van der Waals surface area contributed by atoms with Crippen LogP contribution in [0.25, 0.3) is 5.69 Å². The molecule has 2 aromatic carbocycles. The van der Waals surface area contributed by atoms with Crippen molar-refractivity contribution in [1.29, 1.82) is 0 Å². The highest BCUT2D eigenvalue weighted by atomic mass is 32.2. The van der Waals surface area contributed by atoms with Gasteiger partial charge in [0, 0.05) is 0 Å². The molecule has 0 fully saturated rings. The van der Waals surface area contributed by atoms with Gasteiger partial charge in [0.15, 0.2) is 0 Å². The number of carboxylic acid groups (broad SMARTS) is 1. The van der Waals surface area contributed by atoms with Gasteiger partial charge in [-0.2, -0.15) is 4.68 Å². The van der Waals surface area contributed by atoms with Gasteiger partial charge in [0.1, 0.15) is 11.4 Å². The second kappa shape index (κ2) is 6.92. The number of benzene rings is 2. The molecule has 0 radical (unpaired) electrons. The number of hydrogen-bond donors (Lipinski definition) is 1. The minimum absolute atomic E-state index is 0.0741. The zero-order valence-electron chi connectivity index (χ0n) is 13.6. The van der Waals surface area contributed by atoms with Crippen LogP contribution in [0.5, 0.6) is 5.75 Å². The summed E-state index contributed by atoms with van der Waals surface area (Å²) in [5.41, 5.74) is 0.884. The Morgan fingerprint density at radius 3 is 2.50 bits per heavy atom. The van der Waals surface area contributed by atoms with Gasteiger partial charge < -0.3 is 9.84 Å². The molecule has 0 aliphatic carbocycles. The predicted octanol–water partition coefficient (Wildman–Crippen LogP) is 1.34. The number of hydrogen-bond acceptors (Lipinski definition) is 7. The molecule has 0 aliphatic heterocycles. The fourth-order valence-corrected chi connectivity index (χ4v) is 3.68. The van der Waals surface area contributed by atoms with E-state index in [1.807, 2.05) is 0 Å². The topological polar surface area (TPSA) is 124 Å². The normalized spacial score (nSPS) is 11.3. The van der Waals surface area contributed by atoms with Gasteiger partial charge in [0.05, 0.1) is 18.4 Å². The molecular weight excluding hydrogens is 360 g/mol. The number of carbonyl (C=O) groups is 1. The molecular formula is C16H14N4O5S. The van der Waals surface area contributed by atoms with Gasteiger partial charge in [-0.15, -0.1) is 0 Å². The van der Waals surface area contributed by atoms with Crippen LogP contribution in [0.3, 0.4) is 0 Å². The Labute approximate surface area is 148 Å². The van der Waals surface area contributed by atoms with E-state index in [1.165, 1.54) is 31.4 Å². The molecule has 0 atom stereocenters. The summed E-state index contributed by atoms with van der Waals surface area (Å²) in [6.07, 6.45) is 0. The van der Waals surface area contributed by atoms with E-state index in [4.69, 9.17) is 9.84 Å². The number of methoxy groups -OCH3 is 1. The summed E-state index contributed by atoms with van der Waals surface area (Å²) in [4.78, 5) is 10.9. The summed E-state index contributed by atoms with van der Waals surface area (Å²) in [6, 6.07) is 12.3. The molecule has 134 valence electrons. The summed E-state index contributed by atoms with van der Waals surface area (Å²) in [7, 11) is -2.42. The molecule has 3 rings (SSSR count). The van der Waals surface area contributed by atoms with Crippen LogP contribution >= 0.6 is 0 Å². The highest BCUT2D eigenvalue weighted by Gasteiger charge is 2.25. The fourth-order valence-electron chi connectivity index (χ4n) is 2.36. The van der Waals surface area contributed by atoms with Crippen LogP contribution in [0.1, 0.15) is 15.9 Å². The Balaban J connectivity index is 1.96. The zero-order chi connectivity index (χ0) is 18.7. The third-order valence-electron chi connectivity index (χ3n) is 3.59. The molecule has 9 nitrogen and oxygen atoms in total. The van der Waals surface area contributed by atoms with E-state index in [9.17, 15) is 13.2 Å².